The molecule has 1 fully saturated rings. The summed E-state index contributed by atoms with van der Waals surface area (Å²) in [5.41, 5.74) is 0.680. The van der Waals surface area contributed by atoms with E-state index in [9.17, 15) is 4.79 Å². The van der Waals surface area contributed by atoms with E-state index in [2.05, 4.69) is 24.6 Å². The van der Waals surface area contributed by atoms with Gasteiger partial charge < -0.3 is 4.57 Å². The molecule has 7 heteroatoms. The third kappa shape index (κ3) is 3.15. The number of nitrogens with one attached hydrogen (secondary N) is 1. The van der Waals surface area contributed by atoms with Crippen molar-refractivity contribution >= 4 is 0 Å². The van der Waals surface area contributed by atoms with Gasteiger partial charge in [0.05, 0.1) is 12.2 Å². The number of piperidine rings is 1. The van der Waals surface area contributed by atoms with E-state index in [0.29, 0.717) is 0 Å². The Morgan fingerprint density at radius 3 is 2.88 bits per heavy atom. The van der Waals surface area contributed by atoms with E-state index in [-0.39, 0.29) is 11.6 Å². The molecule has 3 aromatic rings. The number of nitrogens with zero attached hydrogens (tertiary/aromatic N) is 5. The largest absolute Gasteiger partial charge is 0.347 e. The summed E-state index contributed by atoms with van der Waals surface area (Å²) >= 11 is 0. The van der Waals surface area contributed by atoms with E-state index in [1.165, 1.54) is 0 Å². The number of hydrogen-bond donors (Lipinski definition) is 1. The summed E-state index contributed by atoms with van der Waals surface area (Å²) in [7, 11) is 2.02. The van der Waals surface area contributed by atoms with Crippen LogP contribution in [-0.2, 0) is 13.6 Å². The molecule has 1 unspecified atom stereocenters. The van der Waals surface area contributed by atoms with Crippen LogP contribution in [0.3, 0.4) is 0 Å². The van der Waals surface area contributed by atoms with Gasteiger partial charge in [0.15, 0.2) is 0 Å². The van der Waals surface area contributed by atoms with Gasteiger partial charge in [-0.15, -0.1) is 0 Å². The SMILES string of the molecule is Cn1ccnc1CN1CCCC(c2n[nH]c(=O)n2-c2ccccc2)C1. The van der Waals surface area contributed by atoms with Crippen molar-refractivity contribution in [1.29, 1.82) is 0 Å². The number of H-pyrrole nitrogens is 1. The fraction of sp³-hybridized carbons (Fsp3) is 0.389. The lowest BCUT2D eigenvalue weighted by molar-refractivity contribution is 0.190. The molecule has 0 spiro atoms. The Labute approximate surface area is 145 Å². The molecule has 130 valence electrons. The summed E-state index contributed by atoms with van der Waals surface area (Å²) in [6.45, 7) is 2.74. The monoisotopic (exact) mass is 338 g/mol. The Balaban J connectivity index is 1.58. The molecule has 3 heterocycles. The molecule has 4 rings (SSSR count). The summed E-state index contributed by atoms with van der Waals surface area (Å²) in [6, 6.07) is 9.70. The summed E-state index contributed by atoms with van der Waals surface area (Å²) < 4.78 is 3.76. The molecule has 0 aliphatic carbocycles. The summed E-state index contributed by atoms with van der Waals surface area (Å²) in [5, 5.41) is 6.97. The topological polar surface area (TPSA) is 71.7 Å². The smallest absolute Gasteiger partial charge is 0.337 e. The highest BCUT2D eigenvalue weighted by atomic mass is 16.1. The molecular weight excluding hydrogens is 316 g/mol. The summed E-state index contributed by atoms with van der Waals surface area (Å²) in [6.07, 6.45) is 5.92. The van der Waals surface area contributed by atoms with Gasteiger partial charge in [-0.1, -0.05) is 18.2 Å². The lowest BCUT2D eigenvalue weighted by Crippen LogP contribution is -2.36. The maximum atomic E-state index is 12.3. The lowest BCUT2D eigenvalue weighted by atomic mass is 9.97. The molecule has 1 aliphatic heterocycles. The molecule has 7 nitrogen and oxygen atoms in total. The van der Waals surface area contributed by atoms with Crippen LogP contribution in [0, 0.1) is 0 Å². The minimum Gasteiger partial charge on any atom is -0.337 e. The zero-order valence-electron chi connectivity index (χ0n) is 14.3. The van der Waals surface area contributed by atoms with Gasteiger partial charge in [-0.3, -0.25) is 4.90 Å². The number of rotatable bonds is 4. The quantitative estimate of drug-likeness (QED) is 0.785. The molecule has 1 aromatic carbocycles. The number of aromatic amines is 1. The molecule has 1 N–H and O–H groups in total. The van der Waals surface area contributed by atoms with Crippen LogP contribution in [0.15, 0.2) is 47.5 Å². The minimum absolute atomic E-state index is 0.178. The second kappa shape index (κ2) is 6.68. The van der Waals surface area contributed by atoms with Crippen LogP contribution in [0.2, 0.25) is 0 Å². The fourth-order valence-corrected chi connectivity index (χ4v) is 3.57. The van der Waals surface area contributed by atoms with Crippen LogP contribution < -0.4 is 5.69 Å². The molecule has 1 saturated heterocycles. The highest BCUT2D eigenvalue weighted by molar-refractivity contribution is 5.32. The van der Waals surface area contributed by atoms with Crippen LogP contribution in [0.25, 0.3) is 5.69 Å². The van der Waals surface area contributed by atoms with Gasteiger partial charge in [0.25, 0.3) is 0 Å². The van der Waals surface area contributed by atoms with Gasteiger partial charge in [-0.2, -0.15) is 5.10 Å². The van der Waals surface area contributed by atoms with Gasteiger partial charge in [-0.25, -0.2) is 19.4 Å². The first-order valence-corrected chi connectivity index (χ1v) is 8.63. The van der Waals surface area contributed by atoms with Crippen LogP contribution in [0.5, 0.6) is 0 Å². The predicted molar refractivity (Wildman–Crippen MR) is 94.6 cm³/mol. The van der Waals surface area contributed by atoms with Crippen molar-refractivity contribution in [3.63, 3.8) is 0 Å². The standard InChI is InChI=1S/C18H22N6O/c1-22-11-9-19-16(22)13-23-10-5-6-14(12-23)17-20-21-18(25)24(17)15-7-3-2-4-8-15/h2-4,7-9,11,14H,5-6,10,12-13H2,1H3,(H,21,25). The van der Waals surface area contributed by atoms with E-state index in [4.69, 9.17) is 0 Å². The second-order valence-corrected chi connectivity index (χ2v) is 6.59. The molecule has 0 radical (unpaired) electrons. The van der Waals surface area contributed by atoms with E-state index in [1.807, 2.05) is 49.8 Å². The van der Waals surface area contributed by atoms with Crippen molar-refractivity contribution in [2.24, 2.45) is 7.05 Å². The zero-order chi connectivity index (χ0) is 17.2. The van der Waals surface area contributed by atoms with Crippen molar-refractivity contribution in [3.05, 3.63) is 64.9 Å². The molecule has 1 aliphatic rings. The maximum absolute atomic E-state index is 12.3. The van der Waals surface area contributed by atoms with Crippen molar-refractivity contribution in [2.45, 2.75) is 25.3 Å². The van der Waals surface area contributed by atoms with Gasteiger partial charge in [0.2, 0.25) is 0 Å². The molecule has 0 saturated carbocycles. The van der Waals surface area contributed by atoms with Crippen molar-refractivity contribution in [3.8, 4) is 5.69 Å². The number of aromatic nitrogens is 5. The molecule has 25 heavy (non-hydrogen) atoms. The number of aryl methyl sites for hydroxylation is 1. The Morgan fingerprint density at radius 2 is 2.12 bits per heavy atom. The number of hydrogen-bond acceptors (Lipinski definition) is 4. The summed E-state index contributed by atoms with van der Waals surface area (Å²) in [5.74, 6) is 2.11. The van der Waals surface area contributed by atoms with E-state index in [0.717, 1.165) is 49.8 Å². The van der Waals surface area contributed by atoms with E-state index >= 15 is 0 Å². The average molecular weight is 338 g/mol. The Bertz CT molecular complexity index is 894. The Kier molecular flexibility index (Phi) is 4.23. The molecular formula is C18H22N6O. The first-order valence-electron chi connectivity index (χ1n) is 8.63. The van der Waals surface area contributed by atoms with Crippen LogP contribution in [-0.4, -0.2) is 42.3 Å². The first-order chi connectivity index (χ1) is 12.2. The highest BCUT2D eigenvalue weighted by Crippen LogP contribution is 2.27. The Hall–Kier alpha value is -2.67. The predicted octanol–water partition coefficient (Wildman–Crippen LogP) is 1.67. The minimum atomic E-state index is -0.178. The van der Waals surface area contributed by atoms with E-state index in [1.54, 1.807) is 4.57 Å². The molecule has 0 amide bonds. The highest BCUT2D eigenvalue weighted by Gasteiger charge is 2.27. The first kappa shape index (κ1) is 15.8. The number of imidazole rings is 1. The van der Waals surface area contributed by atoms with Gasteiger partial charge in [0.1, 0.15) is 11.6 Å². The van der Waals surface area contributed by atoms with Crippen LogP contribution in [0.4, 0.5) is 0 Å². The maximum Gasteiger partial charge on any atom is 0.347 e. The average Bonchev–Trinajstić information content (AvgIpc) is 3.22. The molecule has 0 bridgehead atoms. The number of benzene rings is 1. The van der Waals surface area contributed by atoms with Gasteiger partial charge in [0, 0.05) is 31.9 Å². The van der Waals surface area contributed by atoms with Gasteiger partial charge >= 0.3 is 5.69 Å². The third-order valence-corrected chi connectivity index (χ3v) is 4.87. The van der Waals surface area contributed by atoms with Gasteiger partial charge in [-0.05, 0) is 31.5 Å². The van der Waals surface area contributed by atoms with Crippen molar-refractivity contribution in [2.75, 3.05) is 13.1 Å². The van der Waals surface area contributed by atoms with Crippen molar-refractivity contribution < 1.29 is 0 Å². The third-order valence-electron chi connectivity index (χ3n) is 4.87. The fourth-order valence-electron chi connectivity index (χ4n) is 3.57. The van der Waals surface area contributed by atoms with Crippen LogP contribution in [0.1, 0.15) is 30.4 Å². The van der Waals surface area contributed by atoms with E-state index < -0.39 is 0 Å². The molecule has 1 atom stereocenters. The normalized spacial score (nSPS) is 18.5. The summed E-state index contributed by atoms with van der Waals surface area (Å²) in [4.78, 5) is 19.1. The second-order valence-electron chi connectivity index (χ2n) is 6.59. The number of para-hydroxylation sites is 1. The number of likely N-dealkylation sites (tertiary alicyclic amines) is 1. The lowest BCUT2D eigenvalue weighted by Gasteiger charge is -2.31. The van der Waals surface area contributed by atoms with Crippen molar-refractivity contribution in [1.82, 2.24) is 29.2 Å². The Morgan fingerprint density at radius 1 is 1.28 bits per heavy atom. The molecule has 2 aromatic heterocycles. The van der Waals surface area contributed by atoms with Crippen LogP contribution >= 0.6 is 0 Å². The zero-order valence-corrected chi connectivity index (χ0v) is 14.3.